The molecule has 1 atom stereocenters. The first-order valence-corrected chi connectivity index (χ1v) is 3.70. The third kappa shape index (κ3) is 5.79. The molecule has 0 bridgehead atoms. The second-order valence-electron chi connectivity index (χ2n) is 2.90. The minimum atomic E-state index is 0.0891. The van der Waals surface area contributed by atoms with Crippen LogP contribution in [0.4, 0.5) is 0 Å². The molecule has 0 saturated carbocycles. The van der Waals surface area contributed by atoms with Crippen molar-refractivity contribution in [3.05, 3.63) is 12.2 Å². The fraction of sp³-hybridized carbons (Fsp3) is 0.750. The largest absolute Gasteiger partial charge is 0.392 e. The minimum Gasteiger partial charge on any atom is -0.392 e. The van der Waals surface area contributed by atoms with E-state index >= 15 is 0 Å². The summed E-state index contributed by atoms with van der Waals surface area (Å²) in [6.07, 6.45) is 4.52. The molecular formula is C8H17NO. The molecule has 3 N–H and O–H groups in total. The van der Waals surface area contributed by atoms with Crippen molar-refractivity contribution < 1.29 is 5.11 Å². The summed E-state index contributed by atoms with van der Waals surface area (Å²) >= 11 is 0. The van der Waals surface area contributed by atoms with Crippen molar-refractivity contribution in [2.24, 2.45) is 11.7 Å². The highest BCUT2D eigenvalue weighted by atomic mass is 16.2. The molecule has 0 aliphatic carbocycles. The maximum atomic E-state index is 8.41. The van der Waals surface area contributed by atoms with E-state index in [0.29, 0.717) is 5.92 Å². The third-order valence-corrected chi connectivity index (χ3v) is 1.23. The molecular weight excluding hydrogens is 126 g/mol. The van der Waals surface area contributed by atoms with E-state index in [1.54, 1.807) is 6.08 Å². The van der Waals surface area contributed by atoms with Crippen LogP contribution in [0.1, 0.15) is 20.3 Å². The normalized spacial score (nSPS) is 14.9. The van der Waals surface area contributed by atoms with Gasteiger partial charge in [-0.3, -0.25) is 0 Å². The lowest BCUT2D eigenvalue weighted by Gasteiger charge is -2.08. The van der Waals surface area contributed by atoms with E-state index in [1.807, 2.05) is 6.08 Å². The summed E-state index contributed by atoms with van der Waals surface area (Å²) in [4.78, 5) is 0. The molecule has 0 aromatic carbocycles. The van der Waals surface area contributed by atoms with Gasteiger partial charge >= 0.3 is 0 Å². The molecule has 0 radical (unpaired) electrons. The molecule has 2 heteroatoms. The number of rotatable bonds is 4. The van der Waals surface area contributed by atoms with Crippen molar-refractivity contribution >= 4 is 0 Å². The van der Waals surface area contributed by atoms with Crippen molar-refractivity contribution in [3.8, 4) is 0 Å². The Labute approximate surface area is 62.7 Å². The van der Waals surface area contributed by atoms with Crippen LogP contribution in [0.3, 0.4) is 0 Å². The molecule has 1 unspecified atom stereocenters. The Morgan fingerprint density at radius 2 is 2.10 bits per heavy atom. The maximum Gasteiger partial charge on any atom is 0.0612 e. The predicted octanol–water partition coefficient (Wildman–Crippen LogP) is 0.908. The molecule has 60 valence electrons. The van der Waals surface area contributed by atoms with Gasteiger partial charge in [-0.15, -0.1) is 0 Å². The summed E-state index contributed by atoms with van der Waals surface area (Å²) in [5, 5.41) is 8.41. The Morgan fingerprint density at radius 3 is 2.50 bits per heavy atom. The van der Waals surface area contributed by atoms with E-state index in [9.17, 15) is 0 Å². The van der Waals surface area contributed by atoms with Gasteiger partial charge in [-0.05, 0) is 12.3 Å². The average molecular weight is 143 g/mol. The van der Waals surface area contributed by atoms with E-state index < -0.39 is 0 Å². The zero-order chi connectivity index (χ0) is 7.98. The SMILES string of the molecule is CC(C)CC(N)C=CCO. The molecule has 10 heavy (non-hydrogen) atoms. The average Bonchev–Trinajstić information content (AvgIpc) is 1.82. The molecule has 0 aromatic rings. The van der Waals surface area contributed by atoms with Gasteiger partial charge in [0.1, 0.15) is 0 Å². The van der Waals surface area contributed by atoms with Gasteiger partial charge in [-0.25, -0.2) is 0 Å². The summed E-state index contributed by atoms with van der Waals surface area (Å²) < 4.78 is 0. The monoisotopic (exact) mass is 143 g/mol. The van der Waals surface area contributed by atoms with Gasteiger partial charge in [0.25, 0.3) is 0 Å². The van der Waals surface area contributed by atoms with Gasteiger partial charge in [0.15, 0.2) is 0 Å². The van der Waals surface area contributed by atoms with Crippen LogP contribution < -0.4 is 5.73 Å². The molecule has 0 amide bonds. The Morgan fingerprint density at radius 1 is 1.50 bits per heavy atom. The summed E-state index contributed by atoms with van der Waals surface area (Å²) in [7, 11) is 0. The van der Waals surface area contributed by atoms with E-state index in [2.05, 4.69) is 13.8 Å². The number of aliphatic hydroxyl groups excluding tert-OH is 1. The first-order valence-electron chi connectivity index (χ1n) is 3.70. The smallest absolute Gasteiger partial charge is 0.0612 e. The standard InChI is InChI=1S/C8H17NO/c1-7(2)6-8(9)4-3-5-10/h3-4,7-8,10H,5-6,9H2,1-2H3. The zero-order valence-corrected chi connectivity index (χ0v) is 6.75. The number of hydrogen-bond acceptors (Lipinski definition) is 2. The van der Waals surface area contributed by atoms with E-state index in [1.165, 1.54) is 0 Å². The molecule has 0 saturated heterocycles. The van der Waals surface area contributed by atoms with Crippen LogP contribution in [0, 0.1) is 5.92 Å². The second kappa shape index (κ2) is 5.45. The Bertz CT molecular complexity index is 99.4. The second-order valence-corrected chi connectivity index (χ2v) is 2.90. The fourth-order valence-electron chi connectivity index (χ4n) is 0.859. The number of aliphatic hydroxyl groups is 1. The van der Waals surface area contributed by atoms with Crippen molar-refractivity contribution in [1.82, 2.24) is 0 Å². The van der Waals surface area contributed by atoms with Crippen molar-refractivity contribution in [3.63, 3.8) is 0 Å². The lowest BCUT2D eigenvalue weighted by atomic mass is 10.0. The van der Waals surface area contributed by atoms with Gasteiger partial charge in [-0.1, -0.05) is 26.0 Å². The van der Waals surface area contributed by atoms with Gasteiger partial charge in [0.05, 0.1) is 6.61 Å². The number of hydrogen-bond donors (Lipinski definition) is 2. The Kier molecular flexibility index (Phi) is 5.26. The van der Waals surface area contributed by atoms with Crippen LogP contribution in [-0.4, -0.2) is 17.8 Å². The zero-order valence-electron chi connectivity index (χ0n) is 6.75. The third-order valence-electron chi connectivity index (χ3n) is 1.23. The summed E-state index contributed by atoms with van der Waals surface area (Å²) in [5.41, 5.74) is 5.66. The highest BCUT2D eigenvalue weighted by Crippen LogP contribution is 2.02. The van der Waals surface area contributed by atoms with Gasteiger partial charge in [-0.2, -0.15) is 0 Å². The highest BCUT2D eigenvalue weighted by Gasteiger charge is 1.99. The molecule has 0 fully saturated rings. The lowest BCUT2D eigenvalue weighted by molar-refractivity contribution is 0.342. The van der Waals surface area contributed by atoms with Crippen LogP contribution in [0.25, 0.3) is 0 Å². The van der Waals surface area contributed by atoms with E-state index in [4.69, 9.17) is 10.8 Å². The molecule has 0 rings (SSSR count). The molecule has 2 nitrogen and oxygen atoms in total. The van der Waals surface area contributed by atoms with Crippen LogP contribution in [0.2, 0.25) is 0 Å². The molecule has 0 aliphatic rings. The minimum absolute atomic E-state index is 0.0891. The molecule has 0 aliphatic heterocycles. The molecule has 0 heterocycles. The van der Waals surface area contributed by atoms with Crippen molar-refractivity contribution in [2.45, 2.75) is 26.3 Å². The van der Waals surface area contributed by atoms with E-state index in [-0.39, 0.29) is 12.6 Å². The molecule has 0 spiro atoms. The van der Waals surface area contributed by atoms with Crippen molar-refractivity contribution in [1.29, 1.82) is 0 Å². The topological polar surface area (TPSA) is 46.2 Å². The Balaban J connectivity index is 3.42. The molecule has 0 aromatic heterocycles. The van der Waals surface area contributed by atoms with Crippen molar-refractivity contribution in [2.75, 3.05) is 6.61 Å². The van der Waals surface area contributed by atoms with E-state index in [0.717, 1.165) is 6.42 Å². The lowest BCUT2D eigenvalue weighted by Crippen LogP contribution is -2.19. The summed E-state index contributed by atoms with van der Waals surface area (Å²) in [6, 6.07) is 0.104. The van der Waals surface area contributed by atoms with Crippen LogP contribution >= 0.6 is 0 Å². The van der Waals surface area contributed by atoms with Gasteiger partial charge < -0.3 is 10.8 Å². The van der Waals surface area contributed by atoms with Gasteiger partial charge in [0.2, 0.25) is 0 Å². The van der Waals surface area contributed by atoms with Crippen LogP contribution in [-0.2, 0) is 0 Å². The fourth-order valence-corrected chi connectivity index (χ4v) is 0.859. The number of nitrogens with two attached hydrogens (primary N) is 1. The highest BCUT2D eigenvalue weighted by molar-refractivity contribution is 4.91. The van der Waals surface area contributed by atoms with Crippen LogP contribution in [0.15, 0.2) is 12.2 Å². The Hall–Kier alpha value is -0.340. The first kappa shape index (κ1) is 9.66. The summed E-state index contributed by atoms with van der Waals surface area (Å²) in [5.74, 6) is 0.623. The maximum absolute atomic E-state index is 8.41. The van der Waals surface area contributed by atoms with Crippen LogP contribution in [0.5, 0.6) is 0 Å². The predicted molar refractivity (Wildman–Crippen MR) is 43.7 cm³/mol. The summed E-state index contributed by atoms with van der Waals surface area (Å²) in [6.45, 7) is 4.35. The first-order chi connectivity index (χ1) is 4.66. The van der Waals surface area contributed by atoms with Gasteiger partial charge in [0, 0.05) is 6.04 Å². The quantitative estimate of drug-likeness (QED) is 0.574.